The number of benzene rings is 2. The second-order valence-electron chi connectivity index (χ2n) is 10.1. The Hall–Kier alpha value is -3.71. The minimum Gasteiger partial charge on any atom is -0.353 e. The Bertz CT molecular complexity index is 1420. The van der Waals surface area contributed by atoms with Gasteiger partial charge in [-0.3, -0.25) is 9.59 Å². The van der Waals surface area contributed by atoms with E-state index in [1.54, 1.807) is 6.20 Å². The van der Waals surface area contributed by atoms with Crippen molar-refractivity contribution >= 4 is 16.7 Å². The van der Waals surface area contributed by atoms with Gasteiger partial charge in [0.15, 0.2) is 0 Å². The molecule has 1 aliphatic heterocycles. The average molecular weight is 498 g/mol. The number of hydrogen-bond acceptors (Lipinski definition) is 4. The van der Waals surface area contributed by atoms with Crippen LogP contribution in [0.2, 0.25) is 0 Å². The lowest BCUT2D eigenvalue weighted by Crippen LogP contribution is -2.40. The summed E-state index contributed by atoms with van der Waals surface area (Å²) in [7, 11) is 0. The van der Waals surface area contributed by atoms with Gasteiger partial charge in [-0.05, 0) is 69.8 Å². The third kappa shape index (κ3) is 5.52. The lowest BCUT2D eigenvalue weighted by atomic mass is 9.90. The van der Waals surface area contributed by atoms with Gasteiger partial charge >= 0.3 is 0 Å². The second kappa shape index (κ2) is 11.1. The van der Waals surface area contributed by atoms with Crippen LogP contribution in [-0.2, 0) is 17.8 Å². The minimum atomic E-state index is -0.167. The predicted molar refractivity (Wildman–Crippen MR) is 147 cm³/mol. The summed E-state index contributed by atoms with van der Waals surface area (Å²) in [5.41, 5.74) is 3.65. The number of fused-ring (bicyclic) bond motifs is 1. The molecule has 37 heavy (non-hydrogen) atoms. The Morgan fingerprint density at radius 2 is 1.65 bits per heavy atom. The number of aryl methyl sites for hydroxylation is 2. The maximum absolute atomic E-state index is 13.3. The first-order valence-electron chi connectivity index (χ1n) is 13.2. The van der Waals surface area contributed by atoms with Crippen LogP contribution in [0, 0.1) is 19.8 Å². The highest BCUT2D eigenvalue weighted by Crippen LogP contribution is 2.23. The summed E-state index contributed by atoms with van der Waals surface area (Å²) in [5.74, 6) is 0.699. The van der Waals surface area contributed by atoms with Gasteiger partial charge in [-0.25, -0.2) is 0 Å². The van der Waals surface area contributed by atoms with Crippen LogP contribution in [-0.4, -0.2) is 51.3 Å². The Balaban J connectivity index is 1.16. The number of carbonyl (C=O) groups excluding carboxylic acids is 1. The molecule has 1 N–H and O–H groups in total. The van der Waals surface area contributed by atoms with E-state index in [1.807, 2.05) is 48.7 Å². The topological polar surface area (TPSA) is 72.2 Å². The summed E-state index contributed by atoms with van der Waals surface area (Å²) in [5, 5.41) is 8.87. The third-order valence-electron chi connectivity index (χ3n) is 7.67. The number of aromatic nitrogens is 3. The molecule has 0 spiro atoms. The van der Waals surface area contributed by atoms with Crippen LogP contribution < -0.4 is 10.9 Å². The molecule has 4 aromatic rings. The Labute approximate surface area is 217 Å². The summed E-state index contributed by atoms with van der Waals surface area (Å²) >= 11 is 0. The molecule has 1 fully saturated rings. The van der Waals surface area contributed by atoms with Crippen molar-refractivity contribution < 1.29 is 4.79 Å². The van der Waals surface area contributed by atoms with E-state index in [4.69, 9.17) is 0 Å². The third-order valence-corrected chi connectivity index (χ3v) is 7.67. The molecule has 1 saturated heterocycles. The zero-order valence-electron chi connectivity index (χ0n) is 21.7. The Morgan fingerprint density at radius 3 is 2.35 bits per heavy atom. The number of hydrogen-bond donors (Lipinski definition) is 1. The molecule has 0 bridgehead atoms. The molecule has 0 aliphatic carbocycles. The maximum Gasteiger partial charge on any atom is 0.281 e. The Kier molecular flexibility index (Phi) is 7.51. The SMILES string of the molecule is Cc1c2cnn(-c3ccccc3)c(=O)c2c(C)n1CC(=O)NCCN1CCC(Cc2ccccc2)CC1. The van der Waals surface area contributed by atoms with Gasteiger partial charge in [0.05, 0.1) is 17.3 Å². The van der Waals surface area contributed by atoms with Gasteiger partial charge in [-0.2, -0.15) is 9.78 Å². The number of nitrogens with zero attached hydrogens (tertiary/aromatic N) is 4. The van der Waals surface area contributed by atoms with Gasteiger partial charge < -0.3 is 14.8 Å². The fourth-order valence-corrected chi connectivity index (χ4v) is 5.51. The molecule has 2 aromatic carbocycles. The molecule has 3 heterocycles. The number of amides is 1. The predicted octanol–water partition coefficient (Wildman–Crippen LogP) is 3.87. The molecule has 0 saturated carbocycles. The highest BCUT2D eigenvalue weighted by Gasteiger charge is 2.20. The van der Waals surface area contributed by atoms with Gasteiger partial charge in [0.25, 0.3) is 5.56 Å². The monoisotopic (exact) mass is 497 g/mol. The van der Waals surface area contributed by atoms with E-state index in [2.05, 4.69) is 45.6 Å². The van der Waals surface area contributed by atoms with Crippen LogP contribution >= 0.6 is 0 Å². The van der Waals surface area contributed by atoms with E-state index in [-0.39, 0.29) is 18.0 Å². The van der Waals surface area contributed by atoms with E-state index in [0.717, 1.165) is 54.4 Å². The van der Waals surface area contributed by atoms with Gasteiger partial charge in [0, 0.05) is 29.9 Å². The summed E-state index contributed by atoms with van der Waals surface area (Å²) in [6.45, 7) is 7.68. The number of para-hydroxylation sites is 1. The molecule has 1 aliphatic rings. The number of rotatable bonds is 8. The lowest BCUT2D eigenvalue weighted by molar-refractivity contribution is -0.121. The van der Waals surface area contributed by atoms with Crippen LogP contribution in [0.15, 0.2) is 71.7 Å². The van der Waals surface area contributed by atoms with Crippen LogP contribution in [0.25, 0.3) is 16.5 Å². The molecule has 7 nitrogen and oxygen atoms in total. The van der Waals surface area contributed by atoms with Crippen molar-refractivity contribution in [2.75, 3.05) is 26.2 Å². The summed E-state index contributed by atoms with van der Waals surface area (Å²) in [6, 6.07) is 20.1. The second-order valence-corrected chi connectivity index (χ2v) is 10.1. The number of likely N-dealkylation sites (tertiary alicyclic amines) is 1. The highest BCUT2D eigenvalue weighted by atomic mass is 16.2. The van der Waals surface area contributed by atoms with Crippen molar-refractivity contribution in [1.82, 2.24) is 24.6 Å². The zero-order chi connectivity index (χ0) is 25.8. The molecule has 0 radical (unpaired) electrons. The molecule has 192 valence electrons. The molecule has 1 amide bonds. The number of piperidine rings is 1. The van der Waals surface area contributed by atoms with Gasteiger partial charge in [-0.1, -0.05) is 48.5 Å². The summed E-state index contributed by atoms with van der Waals surface area (Å²) in [6.07, 6.45) is 5.28. The number of carbonyl (C=O) groups is 1. The van der Waals surface area contributed by atoms with Crippen LogP contribution in [0.1, 0.15) is 29.8 Å². The molecule has 7 heteroatoms. The average Bonchev–Trinajstić information content (AvgIpc) is 3.16. The molecule has 0 atom stereocenters. The van der Waals surface area contributed by atoms with Crippen molar-refractivity contribution in [1.29, 1.82) is 0 Å². The van der Waals surface area contributed by atoms with Gasteiger partial charge in [-0.15, -0.1) is 0 Å². The fraction of sp³-hybridized carbons (Fsp3) is 0.367. The van der Waals surface area contributed by atoms with Crippen molar-refractivity contribution in [3.05, 3.63) is 94.2 Å². The summed E-state index contributed by atoms with van der Waals surface area (Å²) in [4.78, 5) is 28.5. The van der Waals surface area contributed by atoms with E-state index >= 15 is 0 Å². The van der Waals surface area contributed by atoms with E-state index in [9.17, 15) is 9.59 Å². The molecule has 0 unspecified atom stereocenters. The van der Waals surface area contributed by atoms with Gasteiger partial charge in [0.1, 0.15) is 6.54 Å². The standard InChI is InChI=1S/C30H35N5O2/c1-22-27-20-32-35(26-11-7-4-8-12-26)30(37)29(27)23(2)34(22)21-28(36)31-15-18-33-16-13-25(14-17-33)19-24-9-5-3-6-10-24/h3-12,20,25H,13-19,21H2,1-2H3,(H,31,36). The first-order valence-corrected chi connectivity index (χ1v) is 13.2. The largest absolute Gasteiger partial charge is 0.353 e. The highest BCUT2D eigenvalue weighted by molar-refractivity contribution is 5.88. The smallest absolute Gasteiger partial charge is 0.281 e. The summed E-state index contributed by atoms with van der Waals surface area (Å²) < 4.78 is 3.34. The van der Waals surface area contributed by atoms with Gasteiger partial charge in [0.2, 0.25) is 5.91 Å². The Morgan fingerprint density at radius 1 is 0.973 bits per heavy atom. The molecule has 2 aromatic heterocycles. The number of nitrogens with one attached hydrogen (secondary N) is 1. The molecule has 5 rings (SSSR count). The van der Waals surface area contributed by atoms with Crippen molar-refractivity contribution in [2.24, 2.45) is 5.92 Å². The lowest BCUT2D eigenvalue weighted by Gasteiger charge is -2.32. The molecular weight excluding hydrogens is 462 g/mol. The van der Waals surface area contributed by atoms with E-state index in [1.165, 1.54) is 23.1 Å². The fourth-order valence-electron chi connectivity index (χ4n) is 5.51. The van der Waals surface area contributed by atoms with Crippen molar-refractivity contribution in [3.63, 3.8) is 0 Å². The molecular formula is C30H35N5O2. The first kappa shape index (κ1) is 25.0. The first-order chi connectivity index (χ1) is 18.0. The van der Waals surface area contributed by atoms with E-state index in [0.29, 0.717) is 11.9 Å². The van der Waals surface area contributed by atoms with Crippen LogP contribution in [0.5, 0.6) is 0 Å². The van der Waals surface area contributed by atoms with Crippen molar-refractivity contribution in [2.45, 2.75) is 39.7 Å². The van der Waals surface area contributed by atoms with Crippen LogP contribution in [0.3, 0.4) is 0 Å². The quantitative estimate of drug-likeness (QED) is 0.401. The maximum atomic E-state index is 13.3. The minimum absolute atomic E-state index is 0.0400. The van der Waals surface area contributed by atoms with Crippen LogP contribution in [0.4, 0.5) is 0 Å². The zero-order valence-corrected chi connectivity index (χ0v) is 21.7. The normalized spacial score (nSPS) is 14.8. The van der Waals surface area contributed by atoms with Crippen molar-refractivity contribution in [3.8, 4) is 5.69 Å². The van der Waals surface area contributed by atoms with E-state index < -0.39 is 0 Å².